The number of rotatable bonds is 5. The Bertz CT molecular complexity index is 533. The van der Waals surface area contributed by atoms with Crippen LogP contribution >= 0.6 is 0 Å². The van der Waals surface area contributed by atoms with Crippen molar-refractivity contribution in [2.24, 2.45) is 0 Å². The van der Waals surface area contributed by atoms with E-state index in [9.17, 15) is 0 Å². The van der Waals surface area contributed by atoms with Crippen molar-refractivity contribution in [1.29, 1.82) is 5.26 Å². The van der Waals surface area contributed by atoms with Crippen LogP contribution in [0.3, 0.4) is 0 Å². The summed E-state index contributed by atoms with van der Waals surface area (Å²) in [6.07, 6.45) is 4.17. The maximum Gasteiger partial charge on any atom is 0.182 e. The molecule has 0 saturated heterocycles. The molecule has 0 aliphatic heterocycles. The SMILES string of the molecule is N#CNc1cc(NCCc2ccccc2)ncn1. The molecule has 2 aromatic rings. The molecule has 18 heavy (non-hydrogen) atoms. The molecule has 1 aromatic carbocycles. The maximum atomic E-state index is 8.49. The van der Waals surface area contributed by atoms with Crippen LogP contribution in [0.4, 0.5) is 11.6 Å². The zero-order valence-corrected chi connectivity index (χ0v) is 9.80. The van der Waals surface area contributed by atoms with Gasteiger partial charge in [0.15, 0.2) is 6.19 Å². The minimum atomic E-state index is 0.495. The van der Waals surface area contributed by atoms with Crippen molar-refractivity contribution in [3.63, 3.8) is 0 Å². The highest BCUT2D eigenvalue weighted by Gasteiger charge is 1.97. The zero-order valence-electron chi connectivity index (χ0n) is 9.80. The summed E-state index contributed by atoms with van der Waals surface area (Å²) in [7, 11) is 0. The van der Waals surface area contributed by atoms with Gasteiger partial charge in [-0.05, 0) is 12.0 Å². The molecule has 5 heteroatoms. The molecule has 2 N–H and O–H groups in total. The number of nitrogens with one attached hydrogen (secondary N) is 2. The third-order valence-electron chi connectivity index (χ3n) is 2.41. The van der Waals surface area contributed by atoms with Gasteiger partial charge in [-0.15, -0.1) is 0 Å². The van der Waals surface area contributed by atoms with Crippen molar-refractivity contribution < 1.29 is 0 Å². The quantitative estimate of drug-likeness (QED) is 0.617. The number of aromatic nitrogens is 2. The van der Waals surface area contributed by atoms with Crippen molar-refractivity contribution in [3.8, 4) is 6.19 Å². The second-order valence-corrected chi connectivity index (χ2v) is 3.69. The largest absolute Gasteiger partial charge is 0.370 e. The molecule has 0 radical (unpaired) electrons. The van der Waals surface area contributed by atoms with Crippen LogP contribution in [-0.4, -0.2) is 16.5 Å². The number of benzene rings is 1. The monoisotopic (exact) mass is 239 g/mol. The average Bonchev–Trinajstić information content (AvgIpc) is 2.41. The molecule has 0 aliphatic rings. The summed E-state index contributed by atoms with van der Waals surface area (Å²) in [5.74, 6) is 1.20. The predicted molar refractivity (Wildman–Crippen MR) is 69.9 cm³/mol. The van der Waals surface area contributed by atoms with E-state index in [1.54, 1.807) is 6.07 Å². The minimum Gasteiger partial charge on any atom is -0.370 e. The van der Waals surface area contributed by atoms with E-state index in [0.29, 0.717) is 11.6 Å². The predicted octanol–water partition coefficient (Wildman–Crippen LogP) is 2.02. The van der Waals surface area contributed by atoms with Gasteiger partial charge in [0.05, 0.1) is 0 Å². The highest BCUT2D eigenvalue weighted by Crippen LogP contribution is 2.08. The smallest absolute Gasteiger partial charge is 0.182 e. The van der Waals surface area contributed by atoms with Gasteiger partial charge >= 0.3 is 0 Å². The molecule has 5 nitrogen and oxygen atoms in total. The van der Waals surface area contributed by atoms with Crippen LogP contribution in [0.25, 0.3) is 0 Å². The molecular formula is C13H13N5. The van der Waals surface area contributed by atoms with Crippen molar-refractivity contribution in [3.05, 3.63) is 48.3 Å². The van der Waals surface area contributed by atoms with E-state index in [1.807, 2.05) is 24.4 Å². The second-order valence-electron chi connectivity index (χ2n) is 3.69. The van der Waals surface area contributed by atoms with E-state index < -0.39 is 0 Å². The first-order chi connectivity index (χ1) is 8.88. The van der Waals surface area contributed by atoms with Gasteiger partial charge in [-0.2, -0.15) is 5.26 Å². The fourth-order valence-corrected chi connectivity index (χ4v) is 1.56. The van der Waals surface area contributed by atoms with E-state index in [2.05, 4.69) is 32.7 Å². The normalized spacial score (nSPS) is 9.50. The lowest BCUT2D eigenvalue weighted by Gasteiger charge is -2.06. The van der Waals surface area contributed by atoms with E-state index >= 15 is 0 Å². The third-order valence-corrected chi connectivity index (χ3v) is 2.41. The van der Waals surface area contributed by atoms with Crippen molar-refractivity contribution in [2.45, 2.75) is 6.42 Å². The van der Waals surface area contributed by atoms with Gasteiger partial charge in [0.25, 0.3) is 0 Å². The Morgan fingerprint density at radius 2 is 1.89 bits per heavy atom. The standard InChI is InChI=1S/C13H13N5/c14-9-16-13-8-12(17-10-18-13)15-7-6-11-4-2-1-3-5-11/h1-5,8,10H,6-7H2,(H2,15,16,17,18). The lowest BCUT2D eigenvalue weighted by atomic mass is 10.1. The first-order valence-corrected chi connectivity index (χ1v) is 5.63. The van der Waals surface area contributed by atoms with Gasteiger partial charge in [-0.25, -0.2) is 9.97 Å². The Kier molecular flexibility index (Phi) is 4.09. The van der Waals surface area contributed by atoms with Crippen LogP contribution in [0.5, 0.6) is 0 Å². The van der Waals surface area contributed by atoms with Gasteiger partial charge in [0, 0.05) is 12.6 Å². The fraction of sp³-hybridized carbons (Fsp3) is 0.154. The second kappa shape index (κ2) is 6.21. The minimum absolute atomic E-state index is 0.495. The summed E-state index contributed by atoms with van der Waals surface area (Å²) >= 11 is 0. The van der Waals surface area contributed by atoms with Crippen molar-refractivity contribution >= 4 is 11.6 Å². The molecule has 2 rings (SSSR count). The Hall–Kier alpha value is -2.61. The lowest BCUT2D eigenvalue weighted by molar-refractivity contribution is 1.000. The number of hydrogen-bond acceptors (Lipinski definition) is 5. The number of nitriles is 1. The fourth-order valence-electron chi connectivity index (χ4n) is 1.56. The number of nitrogens with zero attached hydrogens (tertiary/aromatic N) is 3. The molecule has 0 atom stereocenters. The van der Waals surface area contributed by atoms with E-state index in [1.165, 1.54) is 11.9 Å². The number of hydrogen-bond donors (Lipinski definition) is 2. The summed E-state index contributed by atoms with van der Waals surface area (Å²) in [5.41, 5.74) is 1.27. The van der Waals surface area contributed by atoms with Gasteiger partial charge < -0.3 is 5.32 Å². The molecule has 0 saturated carbocycles. The van der Waals surface area contributed by atoms with Crippen LogP contribution in [0.15, 0.2) is 42.7 Å². The van der Waals surface area contributed by atoms with Crippen LogP contribution in [0.2, 0.25) is 0 Å². The van der Waals surface area contributed by atoms with Crippen molar-refractivity contribution in [1.82, 2.24) is 9.97 Å². The average molecular weight is 239 g/mol. The van der Waals surface area contributed by atoms with Crippen LogP contribution in [0, 0.1) is 11.5 Å². The van der Waals surface area contributed by atoms with Crippen molar-refractivity contribution in [2.75, 3.05) is 17.2 Å². The highest BCUT2D eigenvalue weighted by molar-refractivity contribution is 5.48. The molecule has 90 valence electrons. The van der Waals surface area contributed by atoms with E-state index in [0.717, 1.165) is 13.0 Å². The van der Waals surface area contributed by atoms with Crippen LogP contribution in [0.1, 0.15) is 5.56 Å². The van der Waals surface area contributed by atoms with Crippen LogP contribution < -0.4 is 10.6 Å². The Balaban J connectivity index is 1.87. The van der Waals surface area contributed by atoms with E-state index in [-0.39, 0.29) is 0 Å². The zero-order chi connectivity index (χ0) is 12.6. The molecule has 0 spiro atoms. The topological polar surface area (TPSA) is 73.6 Å². The molecule has 0 fully saturated rings. The summed E-state index contributed by atoms with van der Waals surface area (Å²) in [4.78, 5) is 7.99. The van der Waals surface area contributed by atoms with Gasteiger partial charge in [-0.3, -0.25) is 5.32 Å². The molecule has 0 aliphatic carbocycles. The van der Waals surface area contributed by atoms with Gasteiger partial charge in [-0.1, -0.05) is 30.3 Å². The van der Waals surface area contributed by atoms with Gasteiger partial charge in [0.2, 0.25) is 0 Å². The Morgan fingerprint density at radius 3 is 2.67 bits per heavy atom. The summed E-state index contributed by atoms with van der Waals surface area (Å²) in [6, 6.07) is 11.9. The molecule has 1 aromatic heterocycles. The van der Waals surface area contributed by atoms with Crippen LogP contribution in [-0.2, 0) is 6.42 Å². The molecule has 0 unspecified atom stereocenters. The molecule has 0 amide bonds. The molecule has 0 bridgehead atoms. The Morgan fingerprint density at radius 1 is 1.11 bits per heavy atom. The molecular weight excluding hydrogens is 226 g/mol. The summed E-state index contributed by atoms with van der Waals surface area (Å²) in [6.45, 7) is 0.785. The first kappa shape index (κ1) is 11.9. The summed E-state index contributed by atoms with van der Waals surface area (Å²) < 4.78 is 0. The molecule has 1 heterocycles. The van der Waals surface area contributed by atoms with Gasteiger partial charge in [0.1, 0.15) is 18.0 Å². The van der Waals surface area contributed by atoms with E-state index in [4.69, 9.17) is 5.26 Å². The maximum absolute atomic E-state index is 8.49. The Labute approximate surface area is 106 Å². The summed E-state index contributed by atoms with van der Waals surface area (Å²) in [5, 5.41) is 14.2. The lowest BCUT2D eigenvalue weighted by Crippen LogP contribution is -2.07. The highest BCUT2D eigenvalue weighted by atomic mass is 15.1. The number of anilines is 2. The third kappa shape index (κ3) is 3.46. The first-order valence-electron chi connectivity index (χ1n) is 5.63.